The van der Waals surface area contributed by atoms with Crippen molar-refractivity contribution in [2.75, 3.05) is 12.8 Å². The number of hydrogen-bond donors (Lipinski definition) is 2. The lowest BCUT2D eigenvalue weighted by molar-refractivity contribution is 0.0914. The van der Waals surface area contributed by atoms with Crippen molar-refractivity contribution in [3.63, 3.8) is 0 Å². The van der Waals surface area contributed by atoms with E-state index in [-0.39, 0.29) is 30.5 Å². The van der Waals surface area contributed by atoms with Crippen molar-refractivity contribution < 1.29 is 9.53 Å². The van der Waals surface area contributed by atoms with Gasteiger partial charge >= 0.3 is 0 Å². The molecule has 1 fully saturated rings. The van der Waals surface area contributed by atoms with Crippen molar-refractivity contribution in [3.05, 3.63) is 29.3 Å². The highest BCUT2D eigenvalue weighted by molar-refractivity contribution is 5.96. The standard InChI is InChI=1S/C14H20N2O2.ClH/c1-9-3-4-10(15)7-13(9)14(17)16-11-5-6-12(8-11)18-2;/h3-4,7,11-12H,5-6,8,15H2,1-2H3,(H,16,17);1H. The first-order valence-electron chi connectivity index (χ1n) is 6.30. The van der Waals surface area contributed by atoms with Crippen molar-refractivity contribution >= 4 is 24.0 Å². The number of halogens is 1. The second kappa shape index (κ2) is 6.78. The van der Waals surface area contributed by atoms with Gasteiger partial charge in [0.2, 0.25) is 0 Å². The third-order valence-electron chi connectivity index (χ3n) is 3.56. The van der Waals surface area contributed by atoms with Crippen LogP contribution >= 0.6 is 12.4 Å². The Hall–Kier alpha value is -1.26. The van der Waals surface area contributed by atoms with Crippen LogP contribution in [-0.4, -0.2) is 25.2 Å². The fourth-order valence-electron chi connectivity index (χ4n) is 2.43. The van der Waals surface area contributed by atoms with Crippen molar-refractivity contribution in [2.45, 2.75) is 38.3 Å². The molecule has 4 nitrogen and oxygen atoms in total. The van der Waals surface area contributed by atoms with E-state index in [2.05, 4.69) is 5.32 Å². The fraction of sp³-hybridized carbons (Fsp3) is 0.500. The highest BCUT2D eigenvalue weighted by Crippen LogP contribution is 2.22. The zero-order valence-corrected chi connectivity index (χ0v) is 12.1. The molecule has 0 aliphatic heterocycles. The zero-order chi connectivity index (χ0) is 13.1. The molecule has 3 N–H and O–H groups in total. The molecule has 1 aliphatic rings. The molecule has 0 aromatic heterocycles. The molecule has 1 saturated carbocycles. The average Bonchev–Trinajstić information content (AvgIpc) is 2.80. The second-order valence-electron chi connectivity index (χ2n) is 4.92. The lowest BCUT2D eigenvalue weighted by Gasteiger charge is -2.14. The monoisotopic (exact) mass is 284 g/mol. The van der Waals surface area contributed by atoms with E-state index in [9.17, 15) is 4.79 Å². The summed E-state index contributed by atoms with van der Waals surface area (Å²) >= 11 is 0. The Morgan fingerprint density at radius 3 is 2.79 bits per heavy atom. The lowest BCUT2D eigenvalue weighted by Crippen LogP contribution is -2.33. The number of hydrogen-bond acceptors (Lipinski definition) is 3. The third-order valence-corrected chi connectivity index (χ3v) is 3.56. The van der Waals surface area contributed by atoms with Gasteiger partial charge in [-0.2, -0.15) is 0 Å². The van der Waals surface area contributed by atoms with E-state index in [0.717, 1.165) is 24.8 Å². The highest BCUT2D eigenvalue weighted by atomic mass is 35.5. The molecule has 19 heavy (non-hydrogen) atoms. The Bertz CT molecular complexity index is 451. The van der Waals surface area contributed by atoms with Gasteiger partial charge < -0.3 is 15.8 Å². The number of rotatable bonds is 3. The van der Waals surface area contributed by atoms with Gasteiger partial charge in [0.15, 0.2) is 0 Å². The van der Waals surface area contributed by atoms with Gasteiger partial charge in [-0.15, -0.1) is 12.4 Å². The van der Waals surface area contributed by atoms with Gasteiger partial charge in [-0.25, -0.2) is 0 Å². The second-order valence-corrected chi connectivity index (χ2v) is 4.92. The number of anilines is 1. The predicted molar refractivity (Wildman–Crippen MR) is 78.7 cm³/mol. The van der Waals surface area contributed by atoms with Gasteiger partial charge in [0.1, 0.15) is 0 Å². The summed E-state index contributed by atoms with van der Waals surface area (Å²) in [6.45, 7) is 1.92. The first-order chi connectivity index (χ1) is 8.60. The summed E-state index contributed by atoms with van der Waals surface area (Å²) < 4.78 is 5.30. The van der Waals surface area contributed by atoms with E-state index in [1.54, 1.807) is 13.2 Å². The van der Waals surface area contributed by atoms with Gasteiger partial charge in [-0.1, -0.05) is 6.07 Å². The first-order valence-corrected chi connectivity index (χ1v) is 6.30. The van der Waals surface area contributed by atoms with Gasteiger partial charge in [0.25, 0.3) is 5.91 Å². The topological polar surface area (TPSA) is 64.3 Å². The van der Waals surface area contributed by atoms with Crippen molar-refractivity contribution in [3.8, 4) is 0 Å². The number of nitrogen functional groups attached to an aromatic ring is 1. The predicted octanol–water partition coefficient (Wildman–Crippen LogP) is 2.30. The summed E-state index contributed by atoms with van der Waals surface area (Å²) in [5, 5.41) is 3.05. The number of ether oxygens (including phenoxy) is 1. The summed E-state index contributed by atoms with van der Waals surface area (Å²) in [6, 6.07) is 5.62. The van der Waals surface area contributed by atoms with Crippen molar-refractivity contribution in [2.24, 2.45) is 0 Å². The number of benzene rings is 1. The van der Waals surface area contributed by atoms with Crippen molar-refractivity contribution in [1.82, 2.24) is 5.32 Å². The maximum Gasteiger partial charge on any atom is 0.251 e. The summed E-state index contributed by atoms with van der Waals surface area (Å²) in [5.74, 6) is -0.0402. The Morgan fingerprint density at radius 2 is 2.16 bits per heavy atom. The summed E-state index contributed by atoms with van der Waals surface area (Å²) in [6.07, 6.45) is 3.16. The molecule has 2 rings (SSSR count). The van der Waals surface area contributed by atoms with Gasteiger partial charge in [-0.05, 0) is 43.9 Å². The quantitative estimate of drug-likeness (QED) is 0.837. The fourth-order valence-corrected chi connectivity index (χ4v) is 2.43. The van der Waals surface area contributed by atoms with E-state index in [1.165, 1.54) is 0 Å². The maximum absolute atomic E-state index is 12.2. The molecule has 1 aliphatic carbocycles. The normalized spacial score (nSPS) is 21.8. The third kappa shape index (κ3) is 3.85. The molecule has 0 radical (unpaired) electrons. The van der Waals surface area contributed by atoms with Crippen LogP contribution in [-0.2, 0) is 4.74 Å². The molecular weight excluding hydrogens is 264 g/mol. The number of nitrogens with one attached hydrogen (secondary N) is 1. The number of carbonyl (C=O) groups is 1. The molecule has 1 amide bonds. The van der Waals surface area contributed by atoms with Crippen LogP contribution in [0.1, 0.15) is 35.2 Å². The van der Waals surface area contributed by atoms with Crippen LogP contribution < -0.4 is 11.1 Å². The minimum absolute atomic E-state index is 0. The molecule has 0 saturated heterocycles. The van der Waals surface area contributed by atoms with Crippen LogP contribution in [0.15, 0.2) is 18.2 Å². The maximum atomic E-state index is 12.2. The average molecular weight is 285 g/mol. The van der Waals surface area contributed by atoms with E-state index < -0.39 is 0 Å². The number of aryl methyl sites for hydroxylation is 1. The summed E-state index contributed by atoms with van der Waals surface area (Å²) in [7, 11) is 1.72. The SMILES string of the molecule is COC1CCC(NC(=O)c2cc(N)ccc2C)C1.Cl. The van der Waals surface area contributed by atoms with Crippen molar-refractivity contribution in [1.29, 1.82) is 0 Å². The number of methoxy groups -OCH3 is 1. The Balaban J connectivity index is 0.00000180. The molecule has 2 unspecified atom stereocenters. The Kier molecular flexibility index (Phi) is 5.63. The molecule has 0 spiro atoms. The largest absolute Gasteiger partial charge is 0.399 e. The molecule has 1 aromatic carbocycles. The summed E-state index contributed by atoms with van der Waals surface area (Å²) in [5.41, 5.74) is 7.94. The van der Waals surface area contributed by atoms with Crippen LogP contribution in [0.25, 0.3) is 0 Å². The highest BCUT2D eigenvalue weighted by Gasteiger charge is 2.26. The van der Waals surface area contributed by atoms with E-state index >= 15 is 0 Å². The van der Waals surface area contributed by atoms with Crippen LogP contribution in [0.5, 0.6) is 0 Å². The number of nitrogens with two attached hydrogens (primary N) is 1. The molecule has 0 heterocycles. The first kappa shape index (κ1) is 15.8. The molecular formula is C14H21ClN2O2. The van der Waals surface area contributed by atoms with Crippen LogP contribution in [0.4, 0.5) is 5.69 Å². The van der Waals surface area contributed by atoms with Crippen LogP contribution in [0.3, 0.4) is 0 Å². The van der Waals surface area contributed by atoms with Gasteiger partial charge in [0.05, 0.1) is 6.10 Å². The van der Waals surface area contributed by atoms with E-state index in [4.69, 9.17) is 10.5 Å². The Morgan fingerprint density at radius 1 is 1.42 bits per heavy atom. The number of carbonyl (C=O) groups excluding carboxylic acids is 1. The molecule has 5 heteroatoms. The summed E-state index contributed by atoms with van der Waals surface area (Å²) in [4.78, 5) is 12.2. The van der Waals surface area contributed by atoms with E-state index in [1.807, 2.05) is 19.1 Å². The van der Waals surface area contributed by atoms with E-state index in [0.29, 0.717) is 11.3 Å². The minimum Gasteiger partial charge on any atom is -0.399 e. The zero-order valence-electron chi connectivity index (χ0n) is 11.3. The Labute approximate surface area is 120 Å². The van der Waals surface area contributed by atoms with Crippen LogP contribution in [0, 0.1) is 6.92 Å². The molecule has 0 bridgehead atoms. The lowest BCUT2D eigenvalue weighted by atomic mass is 10.1. The molecule has 2 atom stereocenters. The molecule has 1 aromatic rings. The molecule has 106 valence electrons. The van der Waals surface area contributed by atoms with Gasteiger partial charge in [0, 0.05) is 24.4 Å². The minimum atomic E-state index is -0.0402. The number of amides is 1. The van der Waals surface area contributed by atoms with Gasteiger partial charge in [-0.3, -0.25) is 4.79 Å². The van der Waals surface area contributed by atoms with Crippen LogP contribution in [0.2, 0.25) is 0 Å². The smallest absolute Gasteiger partial charge is 0.251 e.